The summed E-state index contributed by atoms with van der Waals surface area (Å²) in [7, 11) is 1.84. The van der Waals surface area contributed by atoms with E-state index in [1.54, 1.807) is 30.5 Å². The quantitative estimate of drug-likeness (QED) is 0.387. The predicted octanol–water partition coefficient (Wildman–Crippen LogP) is 4.60. The van der Waals surface area contributed by atoms with Crippen LogP contribution in [-0.4, -0.2) is 29.5 Å². The van der Waals surface area contributed by atoms with Crippen molar-refractivity contribution in [3.63, 3.8) is 0 Å². The second-order valence-electron chi connectivity index (χ2n) is 7.94. The van der Waals surface area contributed by atoms with Crippen molar-refractivity contribution in [1.82, 2.24) is 29.5 Å². The van der Waals surface area contributed by atoms with Crippen LogP contribution < -0.4 is 10.5 Å². The van der Waals surface area contributed by atoms with E-state index in [4.69, 9.17) is 16.9 Å². The Labute approximate surface area is 200 Å². The number of rotatable bonds is 4. The Kier molecular flexibility index (Phi) is 5.34. The number of halogens is 1. The second-order valence-corrected chi connectivity index (χ2v) is 7.94. The molecule has 0 unspecified atom stereocenters. The Bertz CT molecular complexity index is 1650. The largest absolute Gasteiger partial charge is 0.424 e. The van der Waals surface area contributed by atoms with Crippen molar-refractivity contribution >= 4 is 16.9 Å². The molecule has 5 rings (SSSR count). The number of benzene rings is 1. The monoisotopic (exact) mass is 465 g/mol. The van der Waals surface area contributed by atoms with Crippen molar-refractivity contribution < 1.29 is 9.13 Å². The number of ether oxygens (including phenoxy) is 1. The van der Waals surface area contributed by atoms with Gasteiger partial charge in [-0.1, -0.05) is 5.92 Å². The van der Waals surface area contributed by atoms with Gasteiger partial charge in [0.25, 0.3) is 0 Å². The van der Waals surface area contributed by atoms with Gasteiger partial charge in [0, 0.05) is 47.4 Å². The molecule has 0 amide bonds. The lowest BCUT2D eigenvalue weighted by Gasteiger charge is -2.13. The molecule has 0 aliphatic heterocycles. The van der Waals surface area contributed by atoms with Gasteiger partial charge in [0.2, 0.25) is 0 Å². The van der Waals surface area contributed by atoms with E-state index in [1.165, 1.54) is 12.4 Å². The number of hydrogen-bond acceptors (Lipinski definition) is 7. The molecule has 172 valence electrons. The maximum atomic E-state index is 15.6. The number of aryl methyl sites for hydroxylation is 3. The van der Waals surface area contributed by atoms with Crippen molar-refractivity contribution in [2.45, 2.75) is 13.8 Å². The summed E-state index contributed by atoms with van der Waals surface area (Å²) in [6, 6.07) is 10.1. The fourth-order valence-electron chi connectivity index (χ4n) is 4.09. The number of fused-ring (bicyclic) bond motifs is 1. The Hall–Kier alpha value is -4.84. The molecule has 0 saturated heterocycles. The molecule has 0 spiro atoms. The molecule has 0 aliphatic rings. The Morgan fingerprint density at radius 2 is 1.83 bits per heavy atom. The molecule has 35 heavy (non-hydrogen) atoms. The molecule has 8 nitrogen and oxygen atoms in total. The lowest BCUT2D eigenvalue weighted by Crippen LogP contribution is -1.99. The number of nitrogens with zero attached hydrogens (tertiary/aromatic N) is 6. The van der Waals surface area contributed by atoms with E-state index in [0.717, 1.165) is 11.3 Å². The number of nitrogens with two attached hydrogens (primary N) is 1. The standard InChI is InChI=1S/C26H20FN7O/c1-5-16-6-8-18(15(3)33-16)23-21(22-24(28)30-13-31-25(22)34(23)4)19-9-7-17(12-20(19)27)35-26-29-11-10-14(2)32-26/h1,6-13H,2-4H3,(H2,28,30,31). The topological polar surface area (TPSA) is 105 Å². The molecule has 2 N–H and O–H groups in total. The number of pyridine rings is 1. The summed E-state index contributed by atoms with van der Waals surface area (Å²) in [6.45, 7) is 3.67. The molecular formula is C26H20FN7O. The summed E-state index contributed by atoms with van der Waals surface area (Å²) in [6.07, 6.45) is 8.47. The summed E-state index contributed by atoms with van der Waals surface area (Å²) in [4.78, 5) is 21.3. The van der Waals surface area contributed by atoms with E-state index in [2.05, 4.69) is 30.8 Å². The Balaban J connectivity index is 1.72. The SMILES string of the molecule is C#Cc1ccc(-c2c(-c3ccc(Oc4nccc(C)n4)cc3F)c3c(N)ncnc3n2C)c(C)n1. The zero-order chi connectivity index (χ0) is 24.7. The fourth-order valence-corrected chi connectivity index (χ4v) is 4.09. The molecule has 4 aromatic heterocycles. The van der Waals surface area contributed by atoms with Crippen LogP contribution in [0.4, 0.5) is 10.2 Å². The van der Waals surface area contributed by atoms with Gasteiger partial charge in [-0.2, -0.15) is 0 Å². The van der Waals surface area contributed by atoms with Crippen molar-refractivity contribution in [3.8, 4) is 46.5 Å². The van der Waals surface area contributed by atoms with Gasteiger partial charge in [0.05, 0.1) is 11.1 Å². The van der Waals surface area contributed by atoms with Crippen LogP contribution >= 0.6 is 0 Å². The first kappa shape index (κ1) is 22.0. The zero-order valence-electron chi connectivity index (χ0n) is 19.2. The zero-order valence-corrected chi connectivity index (χ0v) is 19.2. The van der Waals surface area contributed by atoms with E-state index in [1.807, 2.05) is 31.5 Å². The summed E-state index contributed by atoms with van der Waals surface area (Å²) < 4.78 is 23.2. The lowest BCUT2D eigenvalue weighted by atomic mass is 9.97. The van der Waals surface area contributed by atoms with Crippen molar-refractivity contribution in [1.29, 1.82) is 0 Å². The van der Waals surface area contributed by atoms with Crippen LogP contribution in [0.15, 0.2) is 48.9 Å². The number of aromatic nitrogens is 6. The highest BCUT2D eigenvalue weighted by atomic mass is 19.1. The van der Waals surface area contributed by atoms with Gasteiger partial charge in [-0.25, -0.2) is 29.3 Å². The highest BCUT2D eigenvalue weighted by Gasteiger charge is 2.25. The van der Waals surface area contributed by atoms with Crippen LogP contribution in [0.2, 0.25) is 0 Å². The normalized spacial score (nSPS) is 10.9. The first-order chi connectivity index (χ1) is 16.9. The predicted molar refractivity (Wildman–Crippen MR) is 131 cm³/mol. The molecule has 0 bridgehead atoms. The third-order valence-corrected chi connectivity index (χ3v) is 5.68. The first-order valence-electron chi connectivity index (χ1n) is 10.7. The average Bonchev–Trinajstić information content (AvgIpc) is 3.12. The molecular weight excluding hydrogens is 445 g/mol. The van der Waals surface area contributed by atoms with Crippen LogP contribution in [0.1, 0.15) is 17.1 Å². The minimum Gasteiger partial charge on any atom is -0.424 e. The van der Waals surface area contributed by atoms with Crippen LogP contribution in [0.3, 0.4) is 0 Å². The summed E-state index contributed by atoms with van der Waals surface area (Å²) in [5.41, 5.74) is 11.1. The molecule has 0 aliphatic carbocycles. The maximum Gasteiger partial charge on any atom is 0.322 e. The summed E-state index contributed by atoms with van der Waals surface area (Å²) in [5.74, 6) is 2.53. The number of nitrogen functional groups attached to an aromatic ring is 1. The van der Waals surface area contributed by atoms with Crippen molar-refractivity contribution in [2.24, 2.45) is 7.05 Å². The van der Waals surface area contributed by atoms with Crippen molar-refractivity contribution in [3.05, 3.63) is 71.8 Å². The van der Waals surface area contributed by atoms with E-state index in [9.17, 15) is 0 Å². The smallest absolute Gasteiger partial charge is 0.322 e. The summed E-state index contributed by atoms with van der Waals surface area (Å²) >= 11 is 0. The van der Waals surface area contributed by atoms with Crippen LogP contribution in [0, 0.1) is 32.0 Å². The molecule has 9 heteroatoms. The maximum absolute atomic E-state index is 15.6. The van der Waals surface area contributed by atoms with Gasteiger partial charge in [-0.15, -0.1) is 6.42 Å². The lowest BCUT2D eigenvalue weighted by molar-refractivity contribution is 0.436. The molecule has 0 fully saturated rings. The van der Waals surface area contributed by atoms with Crippen LogP contribution in [0.5, 0.6) is 11.8 Å². The minimum absolute atomic E-state index is 0.135. The third-order valence-electron chi connectivity index (χ3n) is 5.68. The van der Waals surface area contributed by atoms with E-state index in [0.29, 0.717) is 39.2 Å². The molecule has 4 heterocycles. The summed E-state index contributed by atoms with van der Waals surface area (Å²) in [5, 5.41) is 0.542. The van der Waals surface area contributed by atoms with Gasteiger partial charge < -0.3 is 15.0 Å². The van der Waals surface area contributed by atoms with Crippen LogP contribution in [-0.2, 0) is 7.05 Å². The van der Waals surface area contributed by atoms with Gasteiger partial charge in [-0.05, 0) is 44.2 Å². The highest BCUT2D eigenvalue weighted by molar-refractivity contribution is 6.08. The molecule has 0 atom stereocenters. The number of anilines is 1. The fraction of sp³-hybridized carbons (Fsp3) is 0.115. The molecule has 1 aromatic carbocycles. The third kappa shape index (κ3) is 3.81. The second kappa shape index (κ2) is 8.50. The number of terminal acetylenes is 1. The van der Waals surface area contributed by atoms with E-state index in [-0.39, 0.29) is 17.6 Å². The minimum atomic E-state index is -0.516. The van der Waals surface area contributed by atoms with Gasteiger partial charge in [0.15, 0.2) is 0 Å². The van der Waals surface area contributed by atoms with Gasteiger partial charge in [-0.3, -0.25) is 0 Å². The van der Waals surface area contributed by atoms with E-state index >= 15 is 4.39 Å². The van der Waals surface area contributed by atoms with Gasteiger partial charge in [0.1, 0.15) is 35.1 Å². The van der Waals surface area contributed by atoms with Gasteiger partial charge >= 0.3 is 6.01 Å². The highest BCUT2D eigenvalue weighted by Crippen LogP contribution is 2.43. The average molecular weight is 465 g/mol. The van der Waals surface area contributed by atoms with Crippen molar-refractivity contribution in [2.75, 3.05) is 5.73 Å². The Morgan fingerprint density at radius 3 is 2.54 bits per heavy atom. The Morgan fingerprint density at radius 1 is 1.03 bits per heavy atom. The van der Waals surface area contributed by atoms with Crippen LogP contribution in [0.25, 0.3) is 33.4 Å². The first-order valence-corrected chi connectivity index (χ1v) is 10.7. The number of hydrogen-bond donors (Lipinski definition) is 1. The molecule has 5 aromatic rings. The molecule has 0 saturated carbocycles. The molecule has 0 radical (unpaired) electrons. The van der Waals surface area contributed by atoms with E-state index < -0.39 is 5.82 Å².